The fraction of sp³-hybridized carbons (Fsp3) is 0.917. The van der Waals surface area contributed by atoms with E-state index in [1.54, 1.807) is 0 Å². The lowest BCUT2D eigenvalue weighted by Crippen LogP contribution is -2.51. The van der Waals surface area contributed by atoms with Crippen molar-refractivity contribution in [2.45, 2.75) is 20.3 Å². The highest BCUT2D eigenvalue weighted by Gasteiger charge is 2.25. The number of rotatable bonds is 5. The molecule has 1 fully saturated rings. The van der Waals surface area contributed by atoms with Crippen molar-refractivity contribution in [2.24, 2.45) is 5.92 Å². The SMILES string of the molecule is CCC(CNC)C(=O)N1CCN(CC)CC1. The van der Waals surface area contributed by atoms with Gasteiger partial charge in [-0.2, -0.15) is 0 Å². The highest BCUT2D eigenvalue weighted by Crippen LogP contribution is 2.10. The number of nitrogens with zero attached hydrogens (tertiary/aromatic N) is 2. The topological polar surface area (TPSA) is 35.6 Å². The molecule has 1 heterocycles. The molecule has 0 aliphatic carbocycles. The zero-order chi connectivity index (χ0) is 12.0. The zero-order valence-corrected chi connectivity index (χ0v) is 10.8. The third-order valence-electron chi connectivity index (χ3n) is 3.42. The Labute approximate surface area is 99.0 Å². The highest BCUT2D eigenvalue weighted by molar-refractivity contribution is 5.79. The van der Waals surface area contributed by atoms with Gasteiger partial charge in [0, 0.05) is 32.7 Å². The number of piperazine rings is 1. The van der Waals surface area contributed by atoms with Crippen LogP contribution in [0.1, 0.15) is 20.3 Å². The van der Waals surface area contributed by atoms with Crippen molar-refractivity contribution in [1.82, 2.24) is 15.1 Å². The van der Waals surface area contributed by atoms with E-state index in [9.17, 15) is 4.79 Å². The molecule has 0 aromatic carbocycles. The van der Waals surface area contributed by atoms with Gasteiger partial charge in [0.05, 0.1) is 5.92 Å². The third kappa shape index (κ3) is 3.46. The molecule has 94 valence electrons. The van der Waals surface area contributed by atoms with E-state index in [0.717, 1.165) is 45.7 Å². The van der Waals surface area contributed by atoms with Gasteiger partial charge in [0.15, 0.2) is 0 Å². The molecule has 16 heavy (non-hydrogen) atoms. The van der Waals surface area contributed by atoms with Gasteiger partial charge in [0.25, 0.3) is 0 Å². The van der Waals surface area contributed by atoms with Crippen LogP contribution in [-0.2, 0) is 4.79 Å². The Morgan fingerprint density at radius 3 is 2.31 bits per heavy atom. The number of nitrogens with one attached hydrogen (secondary N) is 1. The minimum Gasteiger partial charge on any atom is -0.340 e. The minimum absolute atomic E-state index is 0.151. The van der Waals surface area contributed by atoms with Gasteiger partial charge >= 0.3 is 0 Å². The summed E-state index contributed by atoms with van der Waals surface area (Å²) in [5, 5.41) is 3.10. The summed E-state index contributed by atoms with van der Waals surface area (Å²) in [4.78, 5) is 16.6. The normalized spacial score (nSPS) is 19.8. The fourth-order valence-corrected chi connectivity index (χ4v) is 2.20. The number of amides is 1. The molecule has 1 rings (SSSR count). The number of hydrogen-bond donors (Lipinski definition) is 1. The van der Waals surface area contributed by atoms with Gasteiger partial charge in [0.1, 0.15) is 0 Å². The first-order chi connectivity index (χ1) is 7.72. The zero-order valence-electron chi connectivity index (χ0n) is 10.8. The summed E-state index contributed by atoms with van der Waals surface area (Å²) >= 11 is 0. The van der Waals surface area contributed by atoms with Crippen molar-refractivity contribution < 1.29 is 4.79 Å². The van der Waals surface area contributed by atoms with Crippen LogP contribution in [0.5, 0.6) is 0 Å². The van der Waals surface area contributed by atoms with Gasteiger partial charge in [-0.25, -0.2) is 0 Å². The summed E-state index contributed by atoms with van der Waals surface area (Å²) in [7, 11) is 1.91. The second-order valence-corrected chi connectivity index (χ2v) is 4.42. The molecule has 0 radical (unpaired) electrons. The average Bonchev–Trinajstić information content (AvgIpc) is 2.35. The van der Waals surface area contributed by atoms with E-state index >= 15 is 0 Å². The van der Waals surface area contributed by atoms with E-state index in [0.29, 0.717) is 5.91 Å². The van der Waals surface area contributed by atoms with Crippen LogP contribution in [0.2, 0.25) is 0 Å². The Morgan fingerprint density at radius 1 is 1.25 bits per heavy atom. The molecule has 4 heteroatoms. The molecule has 1 aliphatic rings. The first kappa shape index (κ1) is 13.5. The lowest BCUT2D eigenvalue weighted by Gasteiger charge is -2.35. The van der Waals surface area contributed by atoms with Crippen molar-refractivity contribution in [2.75, 3.05) is 46.3 Å². The van der Waals surface area contributed by atoms with Gasteiger partial charge in [-0.15, -0.1) is 0 Å². The first-order valence-corrected chi connectivity index (χ1v) is 6.38. The van der Waals surface area contributed by atoms with Crippen molar-refractivity contribution >= 4 is 5.91 Å². The number of hydrogen-bond acceptors (Lipinski definition) is 3. The Hall–Kier alpha value is -0.610. The molecule has 0 saturated carbocycles. The van der Waals surface area contributed by atoms with Crippen LogP contribution < -0.4 is 5.32 Å². The molecule has 0 spiro atoms. The predicted octanol–water partition coefficient (Wildman–Crippen LogP) is 0.396. The van der Waals surface area contributed by atoms with E-state index in [-0.39, 0.29) is 5.92 Å². The van der Waals surface area contributed by atoms with Crippen LogP contribution >= 0.6 is 0 Å². The quantitative estimate of drug-likeness (QED) is 0.738. The van der Waals surface area contributed by atoms with Gasteiger partial charge in [-0.05, 0) is 20.0 Å². The van der Waals surface area contributed by atoms with Crippen molar-refractivity contribution in [3.8, 4) is 0 Å². The summed E-state index contributed by atoms with van der Waals surface area (Å²) in [5.74, 6) is 0.478. The molecule has 1 N–H and O–H groups in total. The van der Waals surface area contributed by atoms with E-state index in [1.165, 1.54) is 0 Å². The lowest BCUT2D eigenvalue weighted by atomic mass is 10.0. The summed E-state index contributed by atoms with van der Waals surface area (Å²) in [6, 6.07) is 0. The van der Waals surface area contributed by atoms with Crippen LogP contribution in [0.3, 0.4) is 0 Å². The number of likely N-dealkylation sites (N-methyl/N-ethyl adjacent to an activating group) is 1. The number of carbonyl (C=O) groups is 1. The number of carbonyl (C=O) groups excluding carboxylic acids is 1. The van der Waals surface area contributed by atoms with Gasteiger partial charge in [-0.1, -0.05) is 13.8 Å². The molecule has 1 atom stereocenters. The minimum atomic E-state index is 0.151. The summed E-state index contributed by atoms with van der Waals surface area (Å²) in [6.07, 6.45) is 0.924. The maximum Gasteiger partial charge on any atom is 0.227 e. The Balaban J connectivity index is 2.42. The van der Waals surface area contributed by atoms with Crippen molar-refractivity contribution in [3.05, 3.63) is 0 Å². The second-order valence-electron chi connectivity index (χ2n) is 4.42. The van der Waals surface area contributed by atoms with Crippen LogP contribution in [-0.4, -0.2) is 62.0 Å². The largest absolute Gasteiger partial charge is 0.340 e. The van der Waals surface area contributed by atoms with Gasteiger partial charge in [-0.3, -0.25) is 4.79 Å². The van der Waals surface area contributed by atoms with Crippen molar-refractivity contribution in [3.63, 3.8) is 0 Å². The first-order valence-electron chi connectivity index (χ1n) is 6.38. The summed E-state index contributed by atoms with van der Waals surface area (Å²) in [6.45, 7) is 9.99. The Bertz CT molecular complexity index is 212. The molecular weight excluding hydrogens is 202 g/mol. The van der Waals surface area contributed by atoms with E-state index in [2.05, 4.69) is 24.1 Å². The van der Waals surface area contributed by atoms with Crippen LogP contribution in [0.25, 0.3) is 0 Å². The van der Waals surface area contributed by atoms with Gasteiger partial charge < -0.3 is 15.1 Å². The maximum absolute atomic E-state index is 12.2. The van der Waals surface area contributed by atoms with Crippen LogP contribution in [0.4, 0.5) is 0 Å². The Kier molecular flexibility index (Phi) is 5.77. The molecule has 0 bridgehead atoms. The summed E-state index contributed by atoms with van der Waals surface area (Å²) in [5.41, 5.74) is 0. The highest BCUT2D eigenvalue weighted by atomic mass is 16.2. The standard InChI is InChI=1S/C12H25N3O/c1-4-11(10-13-3)12(16)15-8-6-14(5-2)7-9-15/h11,13H,4-10H2,1-3H3. The van der Waals surface area contributed by atoms with E-state index < -0.39 is 0 Å². The van der Waals surface area contributed by atoms with Crippen LogP contribution in [0.15, 0.2) is 0 Å². The smallest absolute Gasteiger partial charge is 0.227 e. The van der Waals surface area contributed by atoms with E-state index in [4.69, 9.17) is 0 Å². The van der Waals surface area contributed by atoms with E-state index in [1.807, 2.05) is 11.9 Å². The molecule has 0 aromatic rings. The van der Waals surface area contributed by atoms with Crippen LogP contribution in [0, 0.1) is 5.92 Å². The molecule has 0 aromatic heterocycles. The molecule has 1 saturated heterocycles. The summed E-state index contributed by atoms with van der Waals surface area (Å²) < 4.78 is 0. The molecule has 1 amide bonds. The molecule has 4 nitrogen and oxygen atoms in total. The van der Waals surface area contributed by atoms with Gasteiger partial charge in [0.2, 0.25) is 5.91 Å². The van der Waals surface area contributed by atoms with Crippen molar-refractivity contribution in [1.29, 1.82) is 0 Å². The lowest BCUT2D eigenvalue weighted by molar-refractivity contribution is -0.137. The predicted molar refractivity (Wildman–Crippen MR) is 66.4 cm³/mol. The average molecular weight is 227 g/mol. The Morgan fingerprint density at radius 2 is 1.88 bits per heavy atom. The fourth-order valence-electron chi connectivity index (χ4n) is 2.20. The molecule has 1 unspecified atom stereocenters. The monoisotopic (exact) mass is 227 g/mol. The molecule has 1 aliphatic heterocycles. The second kappa shape index (κ2) is 6.86. The molecular formula is C12H25N3O. The maximum atomic E-state index is 12.2. The third-order valence-corrected chi connectivity index (χ3v) is 3.42.